The highest BCUT2D eigenvalue weighted by Gasteiger charge is 2.25. The fraction of sp³-hybridized carbons (Fsp3) is 0.538. The van der Waals surface area contributed by atoms with Gasteiger partial charge in [0.25, 0.3) is 5.91 Å². The van der Waals surface area contributed by atoms with Crippen LogP contribution in [0.25, 0.3) is 0 Å². The van der Waals surface area contributed by atoms with Crippen molar-refractivity contribution in [2.24, 2.45) is 0 Å². The molecule has 1 aliphatic heterocycles. The minimum atomic E-state index is -0.412. The Morgan fingerprint density at radius 3 is 3.11 bits per heavy atom. The van der Waals surface area contributed by atoms with Crippen molar-refractivity contribution in [1.29, 1.82) is 0 Å². The second kappa shape index (κ2) is 6.23. The van der Waals surface area contributed by atoms with Gasteiger partial charge in [-0.05, 0) is 41.3 Å². The zero-order valence-corrected chi connectivity index (χ0v) is 12.5. The third kappa shape index (κ3) is 3.37. The zero-order chi connectivity index (χ0) is 13.8. The van der Waals surface area contributed by atoms with Crippen LogP contribution in [-0.2, 0) is 11.3 Å². The lowest BCUT2D eigenvalue weighted by molar-refractivity contribution is -0.124. The molecule has 0 bridgehead atoms. The molecule has 1 atom stereocenters. The summed E-state index contributed by atoms with van der Waals surface area (Å²) in [5, 5.41) is 5.57. The third-order valence-corrected chi connectivity index (χ3v) is 3.58. The van der Waals surface area contributed by atoms with Crippen LogP contribution in [0.4, 0.5) is 0 Å². The van der Waals surface area contributed by atoms with Gasteiger partial charge in [-0.3, -0.25) is 9.59 Å². The number of carbonyl (C=O) groups excluding carboxylic acids is 2. The van der Waals surface area contributed by atoms with Crippen LogP contribution in [-0.4, -0.2) is 29.0 Å². The fourth-order valence-corrected chi connectivity index (χ4v) is 2.70. The SMILES string of the molecule is CCCn1cc(Br)cc1C(=O)NC1CCCNC1=O. The highest BCUT2D eigenvalue weighted by Crippen LogP contribution is 2.16. The predicted octanol–water partition coefficient (Wildman–Crippen LogP) is 1.67. The Morgan fingerprint density at radius 1 is 1.63 bits per heavy atom. The van der Waals surface area contributed by atoms with Crippen LogP contribution < -0.4 is 10.6 Å². The molecule has 0 aliphatic carbocycles. The number of nitrogens with one attached hydrogen (secondary N) is 2. The number of hydrogen-bond donors (Lipinski definition) is 2. The van der Waals surface area contributed by atoms with Gasteiger partial charge in [-0.1, -0.05) is 6.92 Å². The fourth-order valence-electron chi connectivity index (χ4n) is 2.23. The highest BCUT2D eigenvalue weighted by atomic mass is 79.9. The van der Waals surface area contributed by atoms with E-state index in [-0.39, 0.29) is 11.8 Å². The molecule has 0 radical (unpaired) electrons. The Hall–Kier alpha value is -1.30. The molecule has 1 unspecified atom stereocenters. The monoisotopic (exact) mass is 327 g/mol. The molecule has 1 saturated heterocycles. The molecule has 0 aromatic carbocycles. The average molecular weight is 328 g/mol. The molecule has 19 heavy (non-hydrogen) atoms. The molecule has 5 nitrogen and oxygen atoms in total. The summed E-state index contributed by atoms with van der Waals surface area (Å²) >= 11 is 3.38. The van der Waals surface area contributed by atoms with Crippen LogP contribution in [0.3, 0.4) is 0 Å². The van der Waals surface area contributed by atoms with E-state index in [1.807, 2.05) is 10.8 Å². The Kier molecular flexibility index (Phi) is 4.63. The summed E-state index contributed by atoms with van der Waals surface area (Å²) in [6.07, 6.45) is 4.44. The summed E-state index contributed by atoms with van der Waals surface area (Å²) < 4.78 is 2.78. The summed E-state index contributed by atoms with van der Waals surface area (Å²) in [5.41, 5.74) is 0.590. The Morgan fingerprint density at radius 2 is 2.42 bits per heavy atom. The van der Waals surface area contributed by atoms with Crippen LogP contribution in [0.5, 0.6) is 0 Å². The van der Waals surface area contributed by atoms with Gasteiger partial charge in [0.05, 0.1) is 0 Å². The van der Waals surface area contributed by atoms with Crippen LogP contribution in [0, 0.1) is 0 Å². The van der Waals surface area contributed by atoms with Gasteiger partial charge < -0.3 is 15.2 Å². The lowest BCUT2D eigenvalue weighted by Gasteiger charge is -2.23. The van der Waals surface area contributed by atoms with E-state index in [2.05, 4.69) is 33.5 Å². The lowest BCUT2D eigenvalue weighted by atomic mass is 10.1. The number of nitrogens with zero attached hydrogens (tertiary/aromatic N) is 1. The maximum atomic E-state index is 12.2. The zero-order valence-electron chi connectivity index (χ0n) is 10.9. The number of aryl methyl sites for hydroxylation is 1. The molecule has 2 rings (SSSR count). The number of rotatable bonds is 4. The molecule has 1 aromatic rings. The number of aromatic nitrogens is 1. The summed E-state index contributed by atoms with van der Waals surface area (Å²) in [5.74, 6) is -0.284. The first-order valence-corrected chi connectivity index (χ1v) is 7.35. The normalized spacial score (nSPS) is 19.1. The van der Waals surface area contributed by atoms with Crippen LogP contribution in [0.2, 0.25) is 0 Å². The highest BCUT2D eigenvalue weighted by molar-refractivity contribution is 9.10. The van der Waals surface area contributed by atoms with Crippen LogP contribution in [0.15, 0.2) is 16.7 Å². The molecular formula is C13H18BrN3O2. The molecule has 0 saturated carbocycles. The molecule has 2 heterocycles. The van der Waals surface area contributed by atoms with Gasteiger partial charge in [0.15, 0.2) is 0 Å². The second-order valence-electron chi connectivity index (χ2n) is 4.70. The maximum Gasteiger partial charge on any atom is 0.268 e. The van der Waals surface area contributed by atoms with E-state index in [1.54, 1.807) is 6.07 Å². The summed E-state index contributed by atoms with van der Waals surface area (Å²) in [4.78, 5) is 23.9. The smallest absolute Gasteiger partial charge is 0.268 e. The van der Waals surface area contributed by atoms with Crippen molar-refractivity contribution in [3.63, 3.8) is 0 Å². The second-order valence-corrected chi connectivity index (χ2v) is 5.61. The van der Waals surface area contributed by atoms with Gasteiger partial charge in [0.1, 0.15) is 11.7 Å². The summed E-state index contributed by atoms with van der Waals surface area (Å²) in [7, 11) is 0. The van der Waals surface area contributed by atoms with Gasteiger partial charge >= 0.3 is 0 Å². The molecule has 0 spiro atoms. The number of amides is 2. The first-order valence-electron chi connectivity index (χ1n) is 6.56. The van der Waals surface area contributed by atoms with Crippen molar-refractivity contribution < 1.29 is 9.59 Å². The topological polar surface area (TPSA) is 63.1 Å². The maximum absolute atomic E-state index is 12.2. The molecule has 2 amide bonds. The number of piperidine rings is 1. The molecular weight excluding hydrogens is 310 g/mol. The molecule has 1 fully saturated rings. The van der Waals surface area contributed by atoms with Crippen molar-refractivity contribution in [2.45, 2.75) is 38.8 Å². The molecule has 1 aromatic heterocycles. The molecule has 2 N–H and O–H groups in total. The van der Waals surface area contributed by atoms with Gasteiger partial charge in [0.2, 0.25) is 5.91 Å². The largest absolute Gasteiger partial charge is 0.354 e. The van der Waals surface area contributed by atoms with E-state index < -0.39 is 6.04 Å². The molecule has 1 aliphatic rings. The standard InChI is InChI=1S/C13H18BrN3O2/c1-2-6-17-8-9(14)7-11(17)13(19)16-10-4-3-5-15-12(10)18/h7-8,10H,2-6H2,1H3,(H,15,18)(H,16,19). The Balaban J connectivity index is 2.08. The molecule has 104 valence electrons. The van der Waals surface area contributed by atoms with Crippen molar-refractivity contribution >= 4 is 27.7 Å². The van der Waals surface area contributed by atoms with E-state index in [0.29, 0.717) is 18.7 Å². The number of carbonyl (C=O) groups is 2. The Bertz CT molecular complexity index is 484. The van der Waals surface area contributed by atoms with Crippen LogP contribution >= 0.6 is 15.9 Å². The predicted molar refractivity (Wildman–Crippen MR) is 75.9 cm³/mol. The van der Waals surface area contributed by atoms with E-state index in [4.69, 9.17) is 0 Å². The van der Waals surface area contributed by atoms with E-state index in [9.17, 15) is 9.59 Å². The van der Waals surface area contributed by atoms with E-state index >= 15 is 0 Å². The number of hydrogen-bond acceptors (Lipinski definition) is 2. The van der Waals surface area contributed by atoms with Gasteiger partial charge in [0, 0.05) is 23.8 Å². The first kappa shape index (κ1) is 14.1. The first-order chi connectivity index (χ1) is 9.11. The van der Waals surface area contributed by atoms with Gasteiger partial charge in [-0.15, -0.1) is 0 Å². The lowest BCUT2D eigenvalue weighted by Crippen LogP contribution is -2.50. The summed E-state index contributed by atoms with van der Waals surface area (Å²) in [6.45, 7) is 3.54. The number of halogens is 1. The van der Waals surface area contributed by atoms with Gasteiger partial charge in [-0.2, -0.15) is 0 Å². The van der Waals surface area contributed by atoms with Crippen molar-refractivity contribution in [2.75, 3.05) is 6.54 Å². The van der Waals surface area contributed by atoms with Crippen molar-refractivity contribution in [3.8, 4) is 0 Å². The minimum absolute atomic E-state index is 0.0905. The van der Waals surface area contributed by atoms with Crippen LogP contribution in [0.1, 0.15) is 36.7 Å². The van der Waals surface area contributed by atoms with Crippen molar-refractivity contribution in [3.05, 3.63) is 22.4 Å². The van der Waals surface area contributed by atoms with E-state index in [1.165, 1.54) is 0 Å². The quantitative estimate of drug-likeness (QED) is 0.883. The molecule has 6 heteroatoms. The Labute approximate surface area is 120 Å². The van der Waals surface area contributed by atoms with Crippen molar-refractivity contribution in [1.82, 2.24) is 15.2 Å². The minimum Gasteiger partial charge on any atom is -0.354 e. The summed E-state index contributed by atoms with van der Waals surface area (Å²) in [6, 6.07) is 1.37. The van der Waals surface area contributed by atoms with E-state index in [0.717, 1.165) is 23.9 Å². The van der Waals surface area contributed by atoms with Gasteiger partial charge in [-0.25, -0.2) is 0 Å². The average Bonchev–Trinajstić information content (AvgIpc) is 2.74. The third-order valence-electron chi connectivity index (χ3n) is 3.15.